The van der Waals surface area contributed by atoms with Gasteiger partial charge in [-0.1, -0.05) is 25.0 Å². The maximum atomic E-state index is 9.37. The largest absolute Gasteiger partial charge is 0.497 e. The molecule has 2 atom stereocenters. The van der Waals surface area contributed by atoms with E-state index in [0.29, 0.717) is 12.5 Å². The zero-order valence-electron chi connectivity index (χ0n) is 15.3. The SMILES string of the molecule is COc1ccc(CNc2ncc(C)c(NC3CCCCC3C#N)n2)cc1. The number of methoxy groups -OCH3 is 1. The number of rotatable bonds is 6. The number of ether oxygens (including phenoxy) is 1. The van der Waals surface area contributed by atoms with E-state index in [1.54, 1.807) is 7.11 Å². The number of nitriles is 1. The van der Waals surface area contributed by atoms with Crippen LogP contribution in [0.25, 0.3) is 0 Å². The second-order valence-corrected chi connectivity index (χ2v) is 6.70. The summed E-state index contributed by atoms with van der Waals surface area (Å²) in [7, 11) is 1.66. The predicted molar refractivity (Wildman–Crippen MR) is 102 cm³/mol. The van der Waals surface area contributed by atoms with Gasteiger partial charge >= 0.3 is 0 Å². The predicted octanol–water partition coefficient (Wildman–Crippen LogP) is 3.90. The fraction of sp³-hybridized carbons (Fsp3) is 0.450. The molecule has 1 aromatic carbocycles. The summed E-state index contributed by atoms with van der Waals surface area (Å²) >= 11 is 0. The average Bonchev–Trinajstić information content (AvgIpc) is 2.69. The lowest BCUT2D eigenvalue weighted by atomic mass is 9.85. The average molecular weight is 351 g/mol. The van der Waals surface area contributed by atoms with E-state index in [0.717, 1.165) is 48.4 Å². The lowest BCUT2D eigenvalue weighted by Crippen LogP contribution is -2.32. The second-order valence-electron chi connectivity index (χ2n) is 6.70. The molecule has 1 aliphatic rings. The first kappa shape index (κ1) is 18.0. The summed E-state index contributed by atoms with van der Waals surface area (Å²) < 4.78 is 5.17. The van der Waals surface area contributed by atoms with Crippen LogP contribution in [0.5, 0.6) is 5.75 Å². The molecule has 2 N–H and O–H groups in total. The molecule has 0 aliphatic heterocycles. The molecular weight excluding hydrogens is 326 g/mol. The highest BCUT2D eigenvalue weighted by molar-refractivity contribution is 5.47. The van der Waals surface area contributed by atoms with Crippen LogP contribution in [0.1, 0.15) is 36.8 Å². The molecular formula is C20H25N5O. The molecule has 2 unspecified atom stereocenters. The molecule has 6 nitrogen and oxygen atoms in total. The zero-order valence-corrected chi connectivity index (χ0v) is 15.3. The molecule has 1 aromatic heterocycles. The highest BCUT2D eigenvalue weighted by atomic mass is 16.5. The summed E-state index contributed by atoms with van der Waals surface area (Å²) in [5.74, 6) is 2.28. The van der Waals surface area contributed by atoms with Crippen molar-refractivity contribution in [2.75, 3.05) is 17.7 Å². The van der Waals surface area contributed by atoms with Gasteiger partial charge in [0.15, 0.2) is 0 Å². The Morgan fingerprint density at radius 1 is 1.23 bits per heavy atom. The van der Waals surface area contributed by atoms with E-state index < -0.39 is 0 Å². The topological polar surface area (TPSA) is 82.9 Å². The maximum absolute atomic E-state index is 9.37. The van der Waals surface area contributed by atoms with Crippen LogP contribution in [-0.4, -0.2) is 23.1 Å². The van der Waals surface area contributed by atoms with Crippen molar-refractivity contribution in [1.82, 2.24) is 9.97 Å². The molecule has 2 aromatic rings. The first-order valence-electron chi connectivity index (χ1n) is 9.06. The molecule has 0 radical (unpaired) electrons. The van der Waals surface area contributed by atoms with Crippen molar-refractivity contribution < 1.29 is 4.74 Å². The van der Waals surface area contributed by atoms with Crippen LogP contribution >= 0.6 is 0 Å². The molecule has 136 valence electrons. The fourth-order valence-electron chi connectivity index (χ4n) is 3.23. The third-order valence-corrected chi connectivity index (χ3v) is 4.84. The lowest BCUT2D eigenvalue weighted by Gasteiger charge is -2.28. The molecule has 0 bridgehead atoms. The number of hydrogen-bond acceptors (Lipinski definition) is 6. The number of hydrogen-bond donors (Lipinski definition) is 2. The maximum Gasteiger partial charge on any atom is 0.224 e. The fourth-order valence-corrected chi connectivity index (χ4v) is 3.23. The van der Waals surface area contributed by atoms with Crippen molar-refractivity contribution in [2.24, 2.45) is 5.92 Å². The van der Waals surface area contributed by atoms with Gasteiger partial charge in [0, 0.05) is 24.3 Å². The molecule has 1 heterocycles. The normalized spacial score (nSPS) is 19.4. The van der Waals surface area contributed by atoms with Gasteiger partial charge in [-0.2, -0.15) is 10.2 Å². The molecule has 0 spiro atoms. The van der Waals surface area contributed by atoms with E-state index >= 15 is 0 Å². The van der Waals surface area contributed by atoms with Crippen LogP contribution in [0.2, 0.25) is 0 Å². The summed E-state index contributed by atoms with van der Waals surface area (Å²) in [5, 5.41) is 16.1. The number of benzene rings is 1. The number of anilines is 2. The van der Waals surface area contributed by atoms with E-state index in [-0.39, 0.29) is 12.0 Å². The molecule has 0 saturated heterocycles. The Bertz CT molecular complexity index is 769. The molecule has 1 fully saturated rings. The van der Waals surface area contributed by atoms with Gasteiger partial charge in [0.05, 0.1) is 19.1 Å². The first-order valence-corrected chi connectivity index (χ1v) is 9.06. The van der Waals surface area contributed by atoms with Crippen molar-refractivity contribution in [3.05, 3.63) is 41.6 Å². The van der Waals surface area contributed by atoms with Crippen LogP contribution in [-0.2, 0) is 6.54 Å². The molecule has 3 rings (SSSR count). The van der Waals surface area contributed by atoms with Crippen molar-refractivity contribution in [2.45, 2.75) is 45.2 Å². The summed E-state index contributed by atoms with van der Waals surface area (Å²) in [6.07, 6.45) is 6.07. The third kappa shape index (κ3) is 4.42. The summed E-state index contributed by atoms with van der Waals surface area (Å²) in [5.41, 5.74) is 2.11. The number of aromatic nitrogens is 2. The zero-order chi connectivity index (χ0) is 18.4. The highest BCUT2D eigenvalue weighted by Gasteiger charge is 2.25. The third-order valence-electron chi connectivity index (χ3n) is 4.84. The Hall–Kier alpha value is -2.81. The number of nitrogens with zero attached hydrogens (tertiary/aromatic N) is 3. The quantitative estimate of drug-likeness (QED) is 0.821. The van der Waals surface area contributed by atoms with Crippen LogP contribution in [0.3, 0.4) is 0 Å². The van der Waals surface area contributed by atoms with Gasteiger partial charge < -0.3 is 15.4 Å². The van der Waals surface area contributed by atoms with Crippen molar-refractivity contribution in [3.63, 3.8) is 0 Å². The van der Waals surface area contributed by atoms with Crippen LogP contribution in [0.4, 0.5) is 11.8 Å². The van der Waals surface area contributed by atoms with E-state index in [1.807, 2.05) is 37.4 Å². The van der Waals surface area contributed by atoms with Gasteiger partial charge in [-0.15, -0.1) is 0 Å². The standard InChI is InChI=1S/C20H25N5O/c1-14-12-22-20(23-13-15-7-9-17(26-2)10-8-15)25-19(14)24-18-6-4-3-5-16(18)11-21/h7-10,12,16,18H,3-6,13H2,1-2H3,(H2,22,23,24,25). The smallest absolute Gasteiger partial charge is 0.224 e. The molecule has 26 heavy (non-hydrogen) atoms. The minimum atomic E-state index is 0.0498. The minimum absolute atomic E-state index is 0.0498. The van der Waals surface area contributed by atoms with Gasteiger partial charge in [-0.3, -0.25) is 0 Å². The van der Waals surface area contributed by atoms with Gasteiger partial charge in [0.25, 0.3) is 0 Å². The Labute approximate surface area is 154 Å². The van der Waals surface area contributed by atoms with E-state index in [2.05, 4.69) is 26.7 Å². The van der Waals surface area contributed by atoms with Gasteiger partial charge in [-0.05, 0) is 37.5 Å². The Balaban J connectivity index is 1.65. The van der Waals surface area contributed by atoms with Crippen LogP contribution < -0.4 is 15.4 Å². The van der Waals surface area contributed by atoms with Gasteiger partial charge in [0.1, 0.15) is 11.6 Å². The summed E-state index contributed by atoms with van der Waals surface area (Å²) in [6.45, 7) is 2.62. The van der Waals surface area contributed by atoms with E-state index in [1.165, 1.54) is 0 Å². The van der Waals surface area contributed by atoms with E-state index in [4.69, 9.17) is 4.74 Å². The molecule has 1 aliphatic carbocycles. The van der Waals surface area contributed by atoms with Gasteiger partial charge in [0.2, 0.25) is 5.95 Å². The molecule has 1 saturated carbocycles. The minimum Gasteiger partial charge on any atom is -0.497 e. The Morgan fingerprint density at radius 3 is 2.73 bits per heavy atom. The van der Waals surface area contributed by atoms with E-state index in [9.17, 15) is 5.26 Å². The Kier molecular flexibility index (Phi) is 5.90. The Morgan fingerprint density at radius 2 is 2.00 bits per heavy atom. The number of nitrogens with one attached hydrogen (secondary N) is 2. The van der Waals surface area contributed by atoms with Crippen molar-refractivity contribution >= 4 is 11.8 Å². The second kappa shape index (κ2) is 8.52. The van der Waals surface area contributed by atoms with Crippen LogP contribution in [0.15, 0.2) is 30.5 Å². The summed E-state index contributed by atoms with van der Waals surface area (Å²) in [6, 6.07) is 10.5. The number of aryl methyl sites for hydroxylation is 1. The molecule has 0 amide bonds. The monoisotopic (exact) mass is 351 g/mol. The molecule has 6 heteroatoms. The lowest BCUT2D eigenvalue weighted by molar-refractivity contribution is 0.388. The highest BCUT2D eigenvalue weighted by Crippen LogP contribution is 2.27. The van der Waals surface area contributed by atoms with Gasteiger partial charge in [-0.25, -0.2) is 4.98 Å². The van der Waals surface area contributed by atoms with Crippen molar-refractivity contribution in [1.29, 1.82) is 5.26 Å². The summed E-state index contributed by atoms with van der Waals surface area (Å²) in [4.78, 5) is 8.98. The van der Waals surface area contributed by atoms with Crippen LogP contribution in [0, 0.1) is 24.2 Å². The van der Waals surface area contributed by atoms with Crippen molar-refractivity contribution in [3.8, 4) is 11.8 Å². The first-order chi connectivity index (χ1) is 12.7.